The number of amides is 1. The zero-order chi connectivity index (χ0) is 16.2. The smallest absolute Gasteiger partial charge is 0.237 e. The Labute approximate surface area is 133 Å². The third-order valence-corrected chi connectivity index (χ3v) is 4.53. The van der Waals surface area contributed by atoms with E-state index in [0.717, 1.165) is 38.0 Å². The molecule has 3 N–H and O–H groups in total. The Morgan fingerprint density at radius 3 is 2.55 bits per heavy atom. The fourth-order valence-corrected chi connectivity index (χ4v) is 3.04. The number of hydrogen-bond acceptors (Lipinski definition) is 4. The number of pyridine rings is 1. The third kappa shape index (κ3) is 4.27. The van der Waals surface area contributed by atoms with Gasteiger partial charge in [0.2, 0.25) is 5.91 Å². The molecule has 1 saturated heterocycles. The number of nitrogens with two attached hydrogens (primary N) is 1. The predicted octanol–water partition coefficient (Wildman–Crippen LogP) is 1.33. The number of carbonyl (C=O) groups is 1. The molecule has 1 amide bonds. The summed E-state index contributed by atoms with van der Waals surface area (Å²) in [6.07, 6.45) is 4.43. The van der Waals surface area contributed by atoms with Crippen LogP contribution >= 0.6 is 0 Å². The van der Waals surface area contributed by atoms with Gasteiger partial charge in [-0.15, -0.1) is 0 Å². The highest BCUT2D eigenvalue weighted by Gasteiger charge is 2.37. The van der Waals surface area contributed by atoms with E-state index in [1.807, 2.05) is 18.2 Å². The summed E-state index contributed by atoms with van der Waals surface area (Å²) in [5.41, 5.74) is 6.53. The molecule has 0 bridgehead atoms. The molecule has 1 unspecified atom stereocenters. The summed E-state index contributed by atoms with van der Waals surface area (Å²) in [5, 5.41) is 3.21. The molecule has 0 spiro atoms. The zero-order valence-corrected chi connectivity index (χ0v) is 13.9. The number of likely N-dealkylation sites (tertiary alicyclic amines) is 1. The van der Waals surface area contributed by atoms with E-state index >= 15 is 0 Å². The number of nitrogens with zero attached hydrogens (tertiary/aromatic N) is 2. The Kier molecular flexibility index (Phi) is 5.53. The SMILES string of the molecule is CC(N)C(=O)NC1(Cc2ccccn2)CCN(C(C)C)CC1. The van der Waals surface area contributed by atoms with Crippen LogP contribution in [0.1, 0.15) is 39.3 Å². The topological polar surface area (TPSA) is 71.2 Å². The second-order valence-corrected chi connectivity index (χ2v) is 6.69. The van der Waals surface area contributed by atoms with Crippen molar-refractivity contribution in [3.63, 3.8) is 0 Å². The minimum Gasteiger partial charge on any atom is -0.349 e. The average Bonchev–Trinajstić information content (AvgIpc) is 2.48. The first-order valence-electron chi connectivity index (χ1n) is 8.13. The lowest BCUT2D eigenvalue weighted by Crippen LogP contribution is -2.59. The molecule has 1 aromatic heterocycles. The first-order valence-corrected chi connectivity index (χ1v) is 8.13. The Balaban J connectivity index is 2.13. The lowest BCUT2D eigenvalue weighted by atomic mass is 9.82. The molecule has 1 aliphatic heterocycles. The van der Waals surface area contributed by atoms with E-state index in [1.54, 1.807) is 13.1 Å². The Morgan fingerprint density at radius 2 is 2.05 bits per heavy atom. The summed E-state index contributed by atoms with van der Waals surface area (Å²) in [6, 6.07) is 5.99. The molecule has 2 rings (SSSR count). The number of aromatic nitrogens is 1. The van der Waals surface area contributed by atoms with Gasteiger partial charge in [-0.3, -0.25) is 9.78 Å². The molecular formula is C17H28N4O. The van der Waals surface area contributed by atoms with Crippen LogP contribution in [0.25, 0.3) is 0 Å². The van der Waals surface area contributed by atoms with E-state index in [-0.39, 0.29) is 11.4 Å². The Hall–Kier alpha value is -1.46. The molecule has 1 aliphatic rings. The third-order valence-electron chi connectivity index (χ3n) is 4.53. The molecule has 1 atom stereocenters. The number of hydrogen-bond donors (Lipinski definition) is 2. The monoisotopic (exact) mass is 304 g/mol. The summed E-state index contributed by atoms with van der Waals surface area (Å²) in [4.78, 5) is 19.0. The van der Waals surface area contributed by atoms with Crippen LogP contribution in [0.3, 0.4) is 0 Å². The standard InChI is InChI=1S/C17H28N4O/c1-13(2)21-10-7-17(8-11-21,20-16(22)14(3)18)12-15-6-4-5-9-19-15/h4-6,9,13-14H,7-8,10-12,18H2,1-3H3,(H,20,22). The molecule has 22 heavy (non-hydrogen) atoms. The number of rotatable bonds is 5. The van der Waals surface area contributed by atoms with Gasteiger partial charge in [-0.2, -0.15) is 0 Å². The molecule has 1 aromatic rings. The van der Waals surface area contributed by atoms with Crippen molar-refractivity contribution in [3.05, 3.63) is 30.1 Å². The average molecular weight is 304 g/mol. The molecule has 5 heteroatoms. The van der Waals surface area contributed by atoms with Gasteiger partial charge in [0.1, 0.15) is 0 Å². The van der Waals surface area contributed by atoms with E-state index in [9.17, 15) is 4.79 Å². The molecule has 5 nitrogen and oxygen atoms in total. The van der Waals surface area contributed by atoms with Gasteiger partial charge < -0.3 is 16.0 Å². The highest BCUT2D eigenvalue weighted by molar-refractivity contribution is 5.81. The van der Waals surface area contributed by atoms with Crippen molar-refractivity contribution in [1.82, 2.24) is 15.2 Å². The highest BCUT2D eigenvalue weighted by atomic mass is 16.2. The van der Waals surface area contributed by atoms with Crippen molar-refractivity contribution in [2.75, 3.05) is 13.1 Å². The normalized spacial score (nSPS) is 19.9. The van der Waals surface area contributed by atoms with Crippen LogP contribution in [0, 0.1) is 0 Å². The maximum atomic E-state index is 12.2. The van der Waals surface area contributed by atoms with Gasteiger partial charge in [0, 0.05) is 43.0 Å². The van der Waals surface area contributed by atoms with Crippen molar-refractivity contribution in [1.29, 1.82) is 0 Å². The molecular weight excluding hydrogens is 276 g/mol. The Morgan fingerprint density at radius 1 is 1.36 bits per heavy atom. The van der Waals surface area contributed by atoms with Crippen LogP contribution in [-0.4, -0.2) is 46.5 Å². The first kappa shape index (κ1) is 16.9. The lowest BCUT2D eigenvalue weighted by Gasteiger charge is -2.44. The maximum Gasteiger partial charge on any atom is 0.237 e. The van der Waals surface area contributed by atoms with Crippen molar-refractivity contribution in [2.45, 2.75) is 57.7 Å². The van der Waals surface area contributed by atoms with Crippen molar-refractivity contribution in [3.8, 4) is 0 Å². The summed E-state index contributed by atoms with van der Waals surface area (Å²) in [6.45, 7) is 8.14. The van der Waals surface area contributed by atoms with Crippen LogP contribution in [-0.2, 0) is 11.2 Å². The minimum atomic E-state index is -0.483. The van der Waals surface area contributed by atoms with E-state index in [0.29, 0.717) is 6.04 Å². The van der Waals surface area contributed by atoms with Gasteiger partial charge in [0.25, 0.3) is 0 Å². The molecule has 0 aromatic carbocycles. The highest BCUT2D eigenvalue weighted by Crippen LogP contribution is 2.27. The molecule has 0 radical (unpaired) electrons. The number of nitrogens with one attached hydrogen (secondary N) is 1. The second-order valence-electron chi connectivity index (χ2n) is 6.69. The molecule has 0 saturated carbocycles. The van der Waals surface area contributed by atoms with Crippen LogP contribution < -0.4 is 11.1 Å². The van der Waals surface area contributed by atoms with Gasteiger partial charge in [-0.05, 0) is 45.7 Å². The second kappa shape index (κ2) is 7.20. The van der Waals surface area contributed by atoms with Crippen molar-refractivity contribution in [2.24, 2.45) is 5.73 Å². The van der Waals surface area contributed by atoms with Crippen LogP contribution in [0.2, 0.25) is 0 Å². The largest absolute Gasteiger partial charge is 0.349 e. The Bertz CT molecular complexity index is 479. The van der Waals surface area contributed by atoms with Crippen LogP contribution in [0.5, 0.6) is 0 Å². The van der Waals surface area contributed by atoms with Crippen molar-refractivity contribution < 1.29 is 4.79 Å². The van der Waals surface area contributed by atoms with Gasteiger partial charge >= 0.3 is 0 Å². The van der Waals surface area contributed by atoms with Crippen LogP contribution in [0.4, 0.5) is 0 Å². The zero-order valence-electron chi connectivity index (χ0n) is 13.9. The van der Waals surface area contributed by atoms with Crippen LogP contribution in [0.15, 0.2) is 24.4 Å². The fourth-order valence-electron chi connectivity index (χ4n) is 3.04. The minimum absolute atomic E-state index is 0.0751. The summed E-state index contributed by atoms with van der Waals surface area (Å²) >= 11 is 0. The maximum absolute atomic E-state index is 12.2. The lowest BCUT2D eigenvalue weighted by molar-refractivity contribution is -0.124. The fraction of sp³-hybridized carbons (Fsp3) is 0.647. The van der Waals surface area contributed by atoms with E-state index < -0.39 is 6.04 Å². The quantitative estimate of drug-likeness (QED) is 0.861. The predicted molar refractivity (Wildman–Crippen MR) is 88.4 cm³/mol. The van der Waals surface area contributed by atoms with Crippen molar-refractivity contribution >= 4 is 5.91 Å². The molecule has 2 heterocycles. The summed E-state index contributed by atoms with van der Waals surface area (Å²) in [7, 11) is 0. The summed E-state index contributed by atoms with van der Waals surface area (Å²) in [5.74, 6) is -0.0751. The summed E-state index contributed by atoms with van der Waals surface area (Å²) < 4.78 is 0. The number of carbonyl (C=O) groups excluding carboxylic acids is 1. The first-order chi connectivity index (χ1) is 10.4. The van der Waals surface area contributed by atoms with Gasteiger partial charge in [0.05, 0.1) is 6.04 Å². The van der Waals surface area contributed by atoms with Gasteiger partial charge in [-0.25, -0.2) is 0 Å². The van der Waals surface area contributed by atoms with E-state index in [4.69, 9.17) is 5.73 Å². The number of piperidine rings is 1. The van der Waals surface area contributed by atoms with E-state index in [1.165, 1.54) is 0 Å². The molecule has 1 fully saturated rings. The molecule has 122 valence electrons. The van der Waals surface area contributed by atoms with Gasteiger partial charge in [0.15, 0.2) is 0 Å². The van der Waals surface area contributed by atoms with E-state index in [2.05, 4.69) is 29.0 Å². The van der Waals surface area contributed by atoms with Gasteiger partial charge in [-0.1, -0.05) is 6.07 Å². The molecule has 0 aliphatic carbocycles.